The normalized spacial score (nSPS) is 18.2. The first-order chi connectivity index (χ1) is 28.5. The molecule has 58 heavy (non-hydrogen) atoms. The highest BCUT2D eigenvalue weighted by Crippen LogP contribution is 2.80. The lowest BCUT2D eigenvalue weighted by molar-refractivity contribution is 0.348. The van der Waals surface area contributed by atoms with E-state index in [2.05, 4.69) is 9.98 Å². The smallest absolute Gasteiger partial charge is 0.460 e. The van der Waals surface area contributed by atoms with Gasteiger partial charge in [0.15, 0.2) is 0 Å². The minimum absolute atomic E-state index is 0.401. The molecule has 5 heterocycles. The van der Waals surface area contributed by atoms with E-state index in [0.29, 0.717) is 72.6 Å². The SMILES string of the molecule is c1ccc2c(c1)OP1(=NP(Oc3ccc(C4=NCCO4)cc3)(Oc3ccc(C4=NCCO4)cc3)=NP3(=N1)Oc1ccccc1-c1ccccc1O3)Oc1ccccc1-2. The predicted molar refractivity (Wildman–Crippen MR) is 223 cm³/mol. The van der Waals surface area contributed by atoms with Crippen molar-refractivity contribution in [2.24, 2.45) is 23.5 Å². The Kier molecular flexibility index (Phi) is 8.43. The number of hydrogen-bond donors (Lipinski definition) is 0. The molecule has 5 aliphatic heterocycles. The molecule has 5 aliphatic rings. The summed E-state index contributed by atoms with van der Waals surface area (Å²) in [5.74, 6) is 3.96. The standard InChI is InChI=1S/C42H32N5O8P3/c1-5-13-37-33(9-1)34-10-2-6-14-38(34)53-57(52-37)45-56(50-31-21-17-29(18-22-31)41-43-25-27-48-41,51-32-23-19-30(20-24-32)42-44-26-28-49-42)46-58(47-57)54-39-15-7-3-11-35(39)36-12-4-8-16-40(36)55-58/h1-24H,25-28H2. The molecule has 6 aromatic carbocycles. The summed E-state index contributed by atoms with van der Waals surface area (Å²) in [5, 5.41) is 0. The Balaban J connectivity index is 1.16. The summed E-state index contributed by atoms with van der Waals surface area (Å²) in [4.78, 5) is 8.95. The van der Waals surface area contributed by atoms with Crippen molar-refractivity contribution in [3.05, 3.63) is 157 Å². The van der Waals surface area contributed by atoms with Gasteiger partial charge in [-0.05, 0) is 72.8 Å². The molecule has 11 rings (SSSR count). The molecule has 0 aromatic heterocycles. The number of aliphatic imine (C=N–C) groups is 2. The molecule has 0 fully saturated rings. The summed E-state index contributed by atoms with van der Waals surface area (Å²) >= 11 is 0. The van der Waals surface area contributed by atoms with Crippen LogP contribution in [0.5, 0.6) is 34.5 Å². The molecule has 0 saturated heterocycles. The molecular formula is C42H32N5O8P3. The molecule has 0 amide bonds. The fourth-order valence-electron chi connectivity index (χ4n) is 6.96. The topological polar surface area (TPSA) is 136 Å². The van der Waals surface area contributed by atoms with E-state index in [0.717, 1.165) is 33.4 Å². The van der Waals surface area contributed by atoms with Crippen LogP contribution in [0.3, 0.4) is 0 Å². The average Bonchev–Trinajstić information content (AvgIpc) is 3.95. The molecule has 16 heteroatoms. The van der Waals surface area contributed by atoms with Gasteiger partial charge in [0.25, 0.3) is 0 Å². The Morgan fingerprint density at radius 3 is 1.12 bits per heavy atom. The molecule has 288 valence electrons. The van der Waals surface area contributed by atoms with Crippen molar-refractivity contribution in [2.75, 3.05) is 26.3 Å². The van der Waals surface area contributed by atoms with Crippen molar-refractivity contribution < 1.29 is 36.6 Å². The van der Waals surface area contributed by atoms with Gasteiger partial charge in [-0.15, -0.1) is 0 Å². The van der Waals surface area contributed by atoms with Gasteiger partial charge in [0, 0.05) is 33.4 Å². The predicted octanol–water partition coefficient (Wildman–Crippen LogP) is 11.8. The lowest BCUT2D eigenvalue weighted by Gasteiger charge is -2.32. The molecule has 0 atom stereocenters. The molecule has 2 spiro atoms. The average molecular weight is 828 g/mol. The van der Waals surface area contributed by atoms with Gasteiger partial charge in [-0.2, -0.15) is 0 Å². The largest absolute Gasteiger partial charge is 0.476 e. The van der Waals surface area contributed by atoms with E-state index >= 15 is 0 Å². The Morgan fingerprint density at radius 1 is 0.397 bits per heavy atom. The van der Waals surface area contributed by atoms with Crippen LogP contribution in [0, 0.1) is 0 Å². The van der Waals surface area contributed by atoms with Crippen molar-refractivity contribution in [3.8, 4) is 56.8 Å². The van der Waals surface area contributed by atoms with Gasteiger partial charge in [0.1, 0.15) is 47.7 Å². The summed E-state index contributed by atoms with van der Waals surface area (Å²) in [6.07, 6.45) is 0. The van der Waals surface area contributed by atoms with Crippen molar-refractivity contribution in [1.82, 2.24) is 0 Å². The second kappa shape index (κ2) is 14.0. The van der Waals surface area contributed by atoms with E-state index in [4.69, 9.17) is 50.2 Å². The van der Waals surface area contributed by atoms with Crippen LogP contribution < -0.4 is 27.1 Å². The van der Waals surface area contributed by atoms with E-state index in [1.54, 1.807) is 24.3 Å². The fourth-order valence-corrected chi connectivity index (χ4v) is 16.1. The zero-order chi connectivity index (χ0) is 38.6. The molecule has 0 aliphatic carbocycles. The fraction of sp³-hybridized carbons (Fsp3) is 0.0952. The van der Waals surface area contributed by atoms with E-state index in [9.17, 15) is 0 Å². The van der Waals surface area contributed by atoms with Crippen LogP contribution in [0.1, 0.15) is 11.1 Å². The van der Waals surface area contributed by atoms with Gasteiger partial charge in [-0.25, -0.2) is 9.98 Å². The lowest BCUT2D eigenvalue weighted by atomic mass is 10.0. The quantitative estimate of drug-likeness (QED) is 0.151. The molecule has 0 bridgehead atoms. The van der Waals surface area contributed by atoms with Crippen LogP contribution >= 0.6 is 23.0 Å². The van der Waals surface area contributed by atoms with Gasteiger partial charge >= 0.3 is 23.0 Å². The van der Waals surface area contributed by atoms with Crippen molar-refractivity contribution >= 4 is 34.8 Å². The number of ether oxygens (including phenoxy) is 2. The first-order valence-electron chi connectivity index (χ1n) is 18.5. The number of nitrogens with zero attached hydrogens (tertiary/aromatic N) is 5. The maximum absolute atomic E-state index is 6.99. The number of hydrogen-bond acceptors (Lipinski definition) is 13. The molecule has 0 N–H and O–H groups in total. The summed E-state index contributed by atoms with van der Waals surface area (Å²) in [5.41, 5.74) is 4.83. The lowest BCUT2D eigenvalue weighted by Crippen LogP contribution is -2.10. The van der Waals surface area contributed by atoms with Gasteiger partial charge in [0.05, 0.1) is 13.1 Å². The molecule has 6 aromatic rings. The highest BCUT2D eigenvalue weighted by atomic mass is 31.3. The molecule has 13 nitrogen and oxygen atoms in total. The third-order valence-electron chi connectivity index (χ3n) is 9.50. The van der Waals surface area contributed by atoms with Gasteiger partial charge in [-0.3, -0.25) is 0 Å². The maximum Gasteiger partial charge on any atom is 0.460 e. The van der Waals surface area contributed by atoms with Crippen LogP contribution in [0.2, 0.25) is 0 Å². The number of benzene rings is 6. The van der Waals surface area contributed by atoms with E-state index in [1.807, 2.05) is 121 Å². The van der Waals surface area contributed by atoms with Gasteiger partial charge in [0.2, 0.25) is 11.8 Å². The molecule has 0 unspecified atom stereocenters. The van der Waals surface area contributed by atoms with Crippen LogP contribution in [-0.2, 0) is 9.47 Å². The van der Waals surface area contributed by atoms with E-state index in [1.165, 1.54) is 0 Å². The Morgan fingerprint density at radius 2 is 0.759 bits per heavy atom. The number of para-hydroxylation sites is 4. The maximum atomic E-state index is 6.99. The minimum Gasteiger partial charge on any atom is -0.476 e. The van der Waals surface area contributed by atoms with Crippen molar-refractivity contribution in [2.45, 2.75) is 0 Å². The van der Waals surface area contributed by atoms with E-state index < -0.39 is 23.0 Å². The van der Waals surface area contributed by atoms with Crippen molar-refractivity contribution in [1.29, 1.82) is 0 Å². The zero-order valence-corrected chi connectivity index (χ0v) is 33.2. The molecule has 0 saturated carbocycles. The summed E-state index contributed by atoms with van der Waals surface area (Å²) < 4.78 is 69.3. The summed E-state index contributed by atoms with van der Waals surface area (Å²) in [6, 6.07) is 45.4. The Bertz CT molecular complexity index is 2590. The number of fused-ring (bicyclic) bond motifs is 6. The third kappa shape index (κ3) is 6.42. The third-order valence-corrected chi connectivity index (χ3v) is 17.6. The number of rotatable bonds is 6. The van der Waals surface area contributed by atoms with Crippen molar-refractivity contribution in [3.63, 3.8) is 0 Å². The van der Waals surface area contributed by atoms with Gasteiger partial charge < -0.3 is 36.6 Å². The van der Waals surface area contributed by atoms with E-state index in [-0.39, 0.29) is 0 Å². The molecule has 0 radical (unpaired) electrons. The van der Waals surface area contributed by atoms with Crippen LogP contribution in [0.4, 0.5) is 0 Å². The second-order valence-electron chi connectivity index (χ2n) is 13.4. The monoisotopic (exact) mass is 827 g/mol. The summed E-state index contributed by atoms with van der Waals surface area (Å²) in [6.45, 7) is 2.27. The van der Waals surface area contributed by atoms with Crippen LogP contribution in [-0.4, -0.2) is 38.1 Å². The highest BCUT2D eigenvalue weighted by molar-refractivity contribution is 7.79. The van der Waals surface area contributed by atoms with Crippen LogP contribution in [0.25, 0.3) is 22.3 Å². The summed E-state index contributed by atoms with van der Waals surface area (Å²) in [7, 11) is -11.9. The Hall–Kier alpha value is -6.25. The Labute approximate surface area is 333 Å². The van der Waals surface area contributed by atoms with Crippen LogP contribution in [0.15, 0.2) is 169 Å². The first-order valence-corrected chi connectivity index (χ1v) is 23.1. The molecular weight excluding hydrogens is 795 g/mol. The zero-order valence-electron chi connectivity index (χ0n) is 30.5. The van der Waals surface area contributed by atoms with Gasteiger partial charge in [-0.1, -0.05) is 86.3 Å². The first kappa shape index (κ1) is 35.0. The highest BCUT2D eigenvalue weighted by Gasteiger charge is 2.50. The second-order valence-corrected chi connectivity index (χ2v) is 19.6. The minimum atomic E-state index is -4.04.